The second-order valence-corrected chi connectivity index (χ2v) is 6.71. The number of anilines is 1. The van der Waals surface area contributed by atoms with Gasteiger partial charge in [0.1, 0.15) is 17.1 Å². The first-order valence-corrected chi connectivity index (χ1v) is 9.76. The summed E-state index contributed by atoms with van der Waals surface area (Å²) in [7, 11) is 1.61. The lowest BCUT2D eigenvalue weighted by atomic mass is 9.95. The van der Waals surface area contributed by atoms with Crippen LogP contribution in [0.3, 0.4) is 0 Å². The summed E-state index contributed by atoms with van der Waals surface area (Å²) in [6.07, 6.45) is 3.40. The maximum absolute atomic E-state index is 11.1. The van der Waals surface area contributed by atoms with Gasteiger partial charge in [-0.25, -0.2) is 4.98 Å². The molecule has 2 N–H and O–H groups in total. The Morgan fingerprint density at radius 3 is 2.60 bits per heavy atom. The SMILES string of the molecule is CCOc1cc([C@H](Nc2ccccn2)c2ccc3cccnc3c2O)ccc1OC. The van der Waals surface area contributed by atoms with E-state index < -0.39 is 0 Å². The minimum atomic E-state index is -0.378. The van der Waals surface area contributed by atoms with Crippen molar-refractivity contribution in [3.05, 3.63) is 84.2 Å². The third kappa shape index (κ3) is 3.85. The zero-order valence-corrected chi connectivity index (χ0v) is 16.9. The monoisotopic (exact) mass is 401 g/mol. The van der Waals surface area contributed by atoms with E-state index in [9.17, 15) is 5.11 Å². The summed E-state index contributed by atoms with van der Waals surface area (Å²) < 4.78 is 11.2. The number of phenolic OH excluding ortho intramolecular Hbond substituents is 1. The maximum Gasteiger partial charge on any atom is 0.161 e. The molecule has 0 fully saturated rings. The molecule has 4 rings (SSSR count). The summed E-state index contributed by atoms with van der Waals surface area (Å²) in [5.74, 6) is 2.12. The fourth-order valence-electron chi connectivity index (χ4n) is 3.46. The average Bonchev–Trinajstić information content (AvgIpc) is 2.79. The Morgan fingerprint density at radius 1 is 0.967 bits per heavy atom. The number of ether oxygens (including phenoxy) is 2. The van der Waals surface area contributed by atoms with Crippen LogP contribution in [0, 0.1) is 0 Å². The number of aromatic nitrogens is 2. The summed E-state index contributed by atoms with van der Waals surface area (Å²) in [5, 5.41) is 15.4. The number of nitrogens with zero attached hydrogens (tertiary/aromatic N) is 2. The number of nitrogens with one attached hydrogen (secondary N) is 1. The van der Waals surface area contributed by atoms with Crippen molar-refractivity contribution < 1.29 is 14.6 Å². The molecule has 0 saturated heterocycles. The number of hydrogen-bond donors (Lipinski definition) is 2. The topological polar surface area (TPSA) is 76.5 Å². The van der Waals surface area contributed by atoms with Gasteiger partial charge < -0.3 is 19.9 Å². The molecule has 6 nitrogen and oxygen atoms in total. The molecule has 4 aromatic rings. The number of methoxy groups -OCH3 is 1. The Bertz CT molecular complexity index is 1150. The Morgan fingerprint density at radius 2 is 1.83 bits per heavy atom. The minimum Gasteiger partial charge on any atom is -0.505 e. The van der Waals surface area contributed by atoms with Crippen LogP contribution in [0.25, 0.3) is 10.9 Å². The van der Waals surface area contributed by atoms with E-state index in [-0.39, 0.29) is 11.8 Å². The third-order valence-electron chi connectivity index (χ3n) is 4.87. The molecule has 0 saturated carbocycles. The van der Waals surface area contributed by atoms with Crippen molar-refractivity contribution in [3.8, 4) is 17.2 Å². The smallest absolute Gasteiger partial charge is 0.161 e. The molecule has 1 atom stereocenters. The highest BCUT2D eigenvalue weighted by molar-refractivity contribution is 5.86. The molecule has 0 radical (unpaired) electrons. The second kappa shape index (κ2) is 8.69. The van der Waals surface area contributed by atoms with Gasteiger partial charge >= 0.3 is 0 Å². The van der Waals surface area contributed by atoms with Crippen molar-refractivity contribution >= 4 is 16.7 Å². The molecular weight excluding hydrogens is 378 g/mol. The van der Waals surface area contributed by atoms with Crippen LogP contribution < -0.4 is 14.8 Å². The van der Waals surface area contributed by atoms with E-state index in [4.69, 9.17) is 9.47 Å². The summed E-state index contributed by atoms with van der Waals surface area (Å²) in [6, 6.07) is 18.6. The van der Waals surface area contributed by atoms with Gasteiger partial charge in [0, 0.05) is 23.3 Å². The number of aromatic hydroxyl groups is 1. The largest absolute Gasteiger partial charge is 0.505 e. The van der Waals surface area contributed by atoms with Gasteiger partial charge in [0.15, 0.2) is 11.5 Å². The maximum atomic E-state index is 11.1. The molecule has 0 aliphatic rings. The van der Waals surface area contributed by atoms with Gasteiger partial charge in [0.2, 0.25) is 0 Å². The summed E-state index contributed by atoms with van der Waals surface area (Å²) >= 11 is 0. The van der Waals surface area contributed by atoms with Crippen molar-refractivity contribution in [2.45, 2.75) is 13.0 Å². The zero-order valence-electron chi connectivity index (χ0n) is 16.9. The number of hydrogen-bond acceptors (Lipinski definition) is 6. The Hall–Kier alpha value is -3.80. The number of fused-ring (bicyclic) bond motifs is 1. The molecule has 0 spiro atoms. The fourth-order valence-corrected chi connectivity index (χ4v) is 3.46. The highest BCUT2D eigenvalue weighted by atomic mass is 16.5. The molecule has 0 unspecified atom stereocenters. The number of benzene rings is 2. The Kier molecular flexibility index (Phi) is 5.66. The molecule has 0 aliphatic carbocycles. The molecule has 2 aromatic heterocycles. The Balaban J connectivity index is 1.85. The molecule has 2 heterocycles. The van der Waals surface area contributed by atoms with Crippen LogP contribution in [0.5, 0.6) is 17.2 Å². The van der Waals surface area contributed by atoms with E-state index in [0.29, 0.717) is 35.0 Å². The lowest BCUT2D eigenvalue weighted by Crippen LogP contribution is -2.14. The summed E-state index contributed by atoms with van der Waals surface area (Å²) in [5.41, 5.74) is 2.15. The third-order valence-corrected chi connectivity index (χ3v) is 4.87. The van der Waals surface area contributed by atoms with Gasteiger partial charge in [-0.1, -0.05) is 30.3 Å². The van der Waals surface area contributed by atoms with Crippen LogP contribution >= 0.6 is 0 Å². The van der Waals surface area contributed by atoms with Gasteiger partial charge in [0.05, 0.1) is 19.8 Å². The first-order valence-electron chi connectivity index (χ1n) is 9.76. The van der Waals surface area contributed by atoms with Crippen molar-refractivity contribution in [1.29, 1.82) is 0 Å². The van der Waals surface area contributed by atoms with Crippen LogP contribution in [0.15, 0.2) is 73.1 Å². The molecule has 2 aromatic carbocycles. The molecule has 0 aliphatic heterocycles. The van der Waals surface area contributed by atoms with Crippen LogP contribution in [0.1, 0.15) is 24.1 Å². The van der Waals surface area contributed by atoms with Gasteiger partial charge in [-0.3, -0.25) is 4.98 Å². The lowest BCUT2D eigenvalue weighted by molar-refractivity contribution is 0.310. The van der Waals surface area contributed by atoms with Crippen molar-refractivity contribution in [3.63, 3.8) is 0 Å². The lowest BCUT2D eigenvalue weighted by Gasteiger charge is -2.23. The van der Waals surface area contributed by atoms with Crippen LogP contribution in [0.4, 0.5) is 5.82 Å². The van der Waals surface area contributed by atoms with Crippen molar-refractivity contribution in [2.24, 2.45) is 0 Å². The van der Waals surface area contributed by atoms with Gasteiger partial charge in [-0.2, -0.15) is 0 Å². The highest BCUT2D eigenvalue weighted by Crippen LogP contribution is 2.39. The van der Waals surface area contributed by atoms with E-state index in [1.54, 1.807) is 19.5 Å². The highest BCUT2D eigenvalue weighted by Gasteiger charge is 2.22. The number of pyridine rings is 2. The molecule has 152 valence electrons. The molecule has 6 heteroatoms. The van der Waals surface area contributed by atoms with E-state index in [0.717, 1.165) is 10.9 Å². The van der Waals surface area contributed by atoms with E-state index in [2.05, 4.69) is 15.3 Å². The van der Waals surface area contributed by atoms with Gasteiger partial charge in [-0.15, -0.1) is 0 Å². The predicted molar refractivity (Wildman–Crippen MR) is 117 cm³/mol. The molecule has 0 bridgehead atoms. The molecular formula is C24H23N3O3. The standard InChI is InChI=1S/C24H23N3O3/c1-3-30-20-15-17(10-12-19(20)29-2)22(27-21-8-4-5-13-25-21)18-11-9-16-7-6-14-26-23(16)24(18)28/h4-15,22,28H,3H2,1-2H3,(H,25,27)/t22-/m0/s1. The normalized spacial score (nSPS) is 11.8. The minimum absolute atomic E-state index is 0.135. The van der Waals surface area contributed by atoms with Crippen LogP contribution in [-0.4, -0.2) is 28.8 Å². The summed E-state index contributed by atoms with van der Waals surface area (Å²) in [6.45, 7) is 2.44. The van der Waals surface area contributed by atoms with Crippen molar-refractivity contribution in [1.82, 2.24) is 9.97 Å². The fraction of sp³-hybridized carbons (Fsp3) is 0.167. The predicted octanol–water partition coefficient (Wildman–Crippen LogP) is 4.94. The quantitative estimate of drug-likeness (QED) is 0.457. The molecule has 30 heavy (non-hydrogen) atoms. The Labute approximate surface area is 175 Å². The van der Waals surface area contributed by atoms with Gasteiger partial charge in [0.25, 0.3) is 0 Å². The first kappa shape index (κ1) is 19.5. The average molecular weight is 401 g/mol. The van der Waals surface area contributed by atoms with E-state index >= 15 is 0 Å². The van der Waals surface area contributed by atoms with E-state index in [1.165, 1.54) is 0 Å². The van der Waals surface area contributed by atoms with E-state index in [1.807, 2.05) is 67.6 Å². The summed E-state index contributed by atoms with van der Waals surface area (Å²) in [4.78, 5) is 8.75. The van der Waals surface area contributed by atoms with Gasteiger partial charge in [-0.05, 0) is 42.8 Å². The van der Waals surface area contributed by atoms with Crippen LogP contribution in [-0.2, 0) is 0 Å². The number of rotatable bonds is 7. The molecule has 0 amide bonds. The van der Waals surface area contributed by atoms with Crippen molar-refractivity contribution in [2.75, 3.05) is 19.0 Å². The zero-order chi connectivity index (χ0) is 20.9. The first-order chi connectivity index (χ1) is 14.7. The van der Waals surface area contributed by atoms with Crippen LogP contribution in [0.2, 0.25) is 0 Å². The second-order valence-electron chi connectivity index (χ2n) is 6.71. The number of phenols is 1.